The number of piperidine rings is 1. The van der Waals surface area contributed by atoms with E-state index in [0.717, 1.165) is 41.3 Å². The summed E-state index contributed by atoms with van der Waals surface area (Å²) in [5, 5.41) is 4.15. The minimum atomic E-state index is -0.136. The maximum atomic E-state index is 12.4. The van der Waals surface area contributed by atoms with E-state index in [-0.39, 0.29) is 24.3 Å². The van der Waals surface area contributed by atoms with Crippen LogP contribution >= 0.6 is 11.3 Å². The molecule has 1 saturated heterocycles. The van der Waals surface area contributed by atoms with Crippen LogP contribution in [0.1, 0.15) is 41.8 Å². The van der Waals surface area contributed by atoms with Gasteiger partial charge in [-0.3, -0.25) is 9.59 Å². The number of nitrogens with one attached hydrogen (secondary N) is 1. The van der Waals surface area contributed by atoms with Crippen molar-refractivity contribution in [3.63, 3.8) is 0 Å². The van der Waals surface area contributed by atoms with Crippen LogP contribution in [0.3, 0.4) is 0 Å². The predicted octanol–water partition coefficient (Wildman–Crippen LogP) is 1.91. The van der Waals surface area contributed by atoms with Gasteiger partial charge < -0.3 is 15.0 Å². The van der Waals surface area contributed by atoms with Crippen LogP contribution in [0.15, 0.2) is 0 Å². The summed E-state index contributed by atoms with van der Waals surface area (Å²) in [6.07, 6.45) is 3.74. The third-order valence-electron chi connectivity index (χ3n) is 4.24. The van der Waals surface area contributed by atoms with Gasteiger partial charge in [0, 0.05) is 25.1 Å². The zero-order valence-corrected chi connectivity index (χ0v) is 15.6. The van der Waals surface area contributed by atoms with E-state index in [4.69, 9.17) is 4.74 Å². The molecule has 1 aliphatic rings. The molecular formula is C17H27N3O3S. The number of nitrogens with zero attached hydrogens (tertiary/aromatic N) is 2. The lowest BCUT2D eigenvalue weighted by Gasteiger charge is -2.31. The van der Waals surface area contributed by atoms with E-state index in [1.165, 1.54) is 7.11 Å². The van der Waals surface area contributed by atoms with Crippen LogP contribution in [-0.2, 0) is 27.3 Å². The second kappa shape index (κ2) is 9.13. The topological polar surface area (TPSA) is 71.5 Å². The third-order valence-corrected chi connectivity index (χ3v) is 5.45. The van der Waals surface area contributed by atoms with E-state index in [2.05, 4.69) is 17.2 Å². The van der Waals surface area contributed by atoms with Crippen molar-refractivity contribution in [3.05, 3.63) is 15.6 Å². The Labute approximate surface area is 147 Å². The van der Waals surface area contributed by atoms with Gasteiger partial charge in [-0.25, -0.2) is 4.98 Å². The molecule has 1 unspecified atom stereocenters. The number of hydrogen-bond acceptors (Lipinski definition) is 5. The number of ether oxygens (including phenoxy) is 1. The highest BCUT2D eigenvalue weighted by Gasteiger charge is 2.28. The maximum Gasteiger partial charge on any atom is 0.248 e. The van der Waals surface area contributed by atoms with Crippen LogP contribution in [0.25, 0.3) is 0 Å². The van der Waals surface area contributed by atoms with Gasteiger partial charge in [-0.2, -0.15) is 0 Å². The van der Waals surface area contributed by atoms with E-state index >= 15 is 0 Å². The quantitative estimate of drug-likeness (QED) is 0.813. The van der Waals surface area contributed by atoms with Crippen molar-refractivity contribution >= 4 is 23.2 Å². The van der Waals surface area contributed by atoms with E-state index < -0.39 is 0 Å². The maximum absolute atomic E-state index is 12.4. The van der Waals surface area contributed by atoms with Crippen molar-refractivity contribution in [3.8, 4) is 0 Å². The zero-order valence-electron chi connectivity index (χ0n) is 14.8. The average molecular weight is 353 g/mol. The Kier molecular flexibility index (Phi) is 7.17. The number of likely N-dealkylation sites (tertiary alicyclic amines) is 1. The highest BCUT2D eigenvalue weighted by Crippen LogP contribution is 2.20. The van der Waals surface area contributed by atoms with Gasteiger partial charge in [0.05, 0.1) is 23.2 Å². The van der Waals surface area contributed by atoms with Gasteiger partial charge >= 0.3 is 0 Å². The first-order valence-corrected chi connectivity index (χ1v) is 9.36. The fourth-order valence-electron chi connectivity index (χ4n) is 2.92. The lowest BCUT2D eigenvalue weighted by molar-refractivity contribution is -0.139. The number of rotatable bonds is 7. The molecule has 6 nitrogen and oxygen atoms in total. The predicted molar refractivity (Wildman–Crippen MR) is 93.9 cm³/mol. The molecule has 1 aromatic rings. The molecule has 24 heavy (non-hydrogen) atoms. The summed E-state index contributed by atoms with van der Waals surface area (Å²) < 4.78 is 4.90. The standard InChI is InChI=1S/C17H27N3O3S/c1-4-6-15-19-12(2)14(24-15)9-18-17(22)13-7-5-8-20(10-13)16(21)11-23-3/h13H,4-11H2,1-3H3,(H,18,22). The van der Waals surface area contributed by atoms with Crippen LogP contribution in [0.5, 0.6) is 0 Å². The molecule has 2 amide bonds. The molecule has 2 heterocycles. The summed E-state index contributed by atoms with van der Waals surface area (Å²) in [4.78, 5) is 31.8. The molecule has 1 fully saturated rings. The van der Waals surface area contributed by atoms with Gasteiger partial charge in [-0.15, -0.1) is 11.3 Å². The molecular weight excluding hydrogens is 326 g/mol. The minimum Gasteiger partial charge on any atom is -0.375 e. The van der Waals surface area contributed by atoms with E-state index in [1.54, 1.807) is 16.2 Å². The fraction of sp³-hybridized carbons (Fsp3) is 0.706. The number of hydrogen-bond donors (Lipinski definition) is 1. The van der Waals surface area contributed by atoms with Crippen molar-refractivity contribution < 1.29 is 14.3 Å². The first kappa shape index (κ1) is 18.9. The summed E-state index contributed by atoms with van der Waals surface area (Å²) in [5.41, 5.74) is 1.00. The Morgan fingerprint density at radius 1 is 1.46 bits per heavy atom. The highest BCUT2D eigenvalue weighted by atomic mass is 32.1. The molecule has 1 atom stereocenters. The fourth-order valence-corrected chi connectivity index (χ4v) is 4.03. The molecule has 134 valence electrons. The smallest absolute Gasteiger partial charge is 0.248 e. The third kappa shape index (κ3) is 5.01. The Hall–Kier alpha value is -1.47. The van der Waals surface area contributed by atoms with Crippen LogP contribution in [0.4, 0.5) is 0 Å². The number of carbonyl (C=O) groups excluding carboxylic acids is 2. The van der Waals surface area contributed by atoms with Crippen LogP contribution in [-0.4, -0.2) is 48.5 Å². The van der Waals surface area contributed by atoms with Crippen LogP contribution < -0.4 is 5.32 Å². The number of aromatic nitrogens is 1. The molecule has 0 radical (unpaired) electrons. The molecule has 7 heteroatoms. The SMILES string of the molecule is CCCc1nc(C)c(CNC(=O)C2CCCN(C(=O)COC)C2)s1. The number of aryl methyl sites for hydroxylation is 2. The minimum absolute atomic E-state index is 0.0229. The molecule has 0 aromatic carbocycles. The van der Waals surface area contributed by atoms with Crippen molar-refractivity contribution in [2.75, 3.05) is 26.8 Å². The molecule has 1 aliphatic heterocycles. The Balaban J connectivity index is 1.86. The van der Waals surface area contributed by atoms with Gasteiger partial charge in [0.15, 0.2) is 0 Å². The molecule has 0 bridgehead atoms. The van der Waals surface area contributed by atoms with Crippen molar-refractivity contribution in [2.45, 2.75) is 46.1 Å². The van der Waals surface area contributed by atoms with Gasteiger partial charge in [-0.1, -0.05) is 6.92 Å². The van der Waals surface area contributed by atoms with Crippen LogP contribution in [0.2, 0.25) is 0 Å². The van der Waals surface area contributed by atoms with Gasteiger partial charge in [-0.05, 0) is 32.6 Å². The van der Waals surface area contributed by atoms with Crippen LogP contribution in [0, 0.1) is 12.8 Å². The lowest BCUT2D eigenvalue weighted by Crippen LogP contribution is -2.46. The number of methoxy groups -OCH3 is 1. The Bertz CT molecular complexity index is 573. The summed E-state index contributed by atoms with van der Waals surface area (Å²) >= 11 is 1.68. The largest absolute Gasteiger partial charge is 0.375 e. The normalized spacial score (nSPS) is 17.8. The lowest BCUT2D eigenvalue weighted by atomic mass is 9.97. The van der Waals surface area contributed by atoms with E-state index in [9.17, 15) is 9.59 Å². The van der Waals surface area contributed by atoms with Gasteiger partial charge in [0.25, 0.3) is 0 Å². The Morgan fingerprint density at radius 2 is 2.25 bits per heavy atom. The van der Waals surface area contributed by atoms with E-state index in [1.807, 2.05) is 6.92 Å². The second-order valence-corrected chi connectivity index (χ2v) is 7.36. The van der Waals surface area contributed by atoms with E-state index in [0.29, 0.717) is 19.6 Å². The first-order chi connectivity index (χ1) is 11.5. The summed E-state index contributed by atoms with van der Waals surface area (Å²) in [5.74, 6) is -0.157. The van der Waals surface area contributed by atoms with Crippen molar-refractivity contribution in [1.82, 2.24) is 15.2 Å². The molecule has 2 rings (SSSR count). The number of carbonyl (C=O) groups is 2. The second-order valence-electron chi connectivity index (χ2n) is 6.20. The van der Waals surface area contributed by atoms with Crippen molar-refractivity contribution in [2.24, 2.45) is 5.92 Å². The average Bonchev–Trinajstić information content (AvgIpc) is 2.93. The summed E-state index contributed by atoms with van der Waals surface area (Å²) in [6.45, 7) is 5.92. The summed E-state index contributed by atoms with van der Waals surface area (Å²) in [7, 11) is 1.51. The number of amides is 2. The molecule has 0 spiro atoms. The zero-order chi connectivity index (χ0) is 17.5. The number of thiazole rings is 1. The molecule has 1 aromatic heterocycles. The first-order valence-electron chi connectivity index (χ1n) is 8.54. The highest BCUT2D eigenvalue weighted by molar-refractivity contribution is 7.11. The Morgan fingerprint density at radius 3 is 2.96 bits per heavy atom. The molecule has 0 saturated carbocycles. The summed E-state index contributed by atoms with van der Waals surface area (Å²) in [6, 6.07) is 0. The van der Waals surface area contributed by atoms with Gasteiger partial charge in [0.2, 0.25) is 11.8 Å². The van der Waals surface area contributed by atoms with Crippen molar-refractivity contribution in [1.29, 1.82) is 0 Å². The molecule has 1 N–H and O–H groups in total. The van der Waals surface area contributed by atoms with Gasteiger partial charge in [0.1, 0.15) is 6.61 Å². The molecule has 0 aliphatic carbocycles. The monoisotopic (exact) mass is 353 g/mol.